The van der Waals surface area contributed by atoms with Crippen molar-refractivity contribution in [3.05, 3.63) is 65.0 Å². The Morgan fingerprint density at radius 2 is 1.32 bits per heavy atom. The van der Waals surface area contributed by atoms with Gasteiger partial charge >= 0.3 is 0 Å². The van der Waals surface area contributed by atoms with Crippen molar-refractivity contribution in [1.82, 2.24) is 0 Å². The standard InChI is InChI=1S/C9H12.C8H11N2/c1-7-4-8(2)6-9(3)5-7;9-10-5-3-8(4-6-10)7-1-2-7/h4-6H,1-3H3;3-7H,1-2,9H2/q;+1. The number of hydrogen-bond acceptors (Lipinski definition) is 1. The highest BCUT2D eigenvalue weighted by Gasteiger charge is 2.23. The van der Waals surface area contributed by atoms with Gasteiger partial charge in [0.2, 0.25) is 0 Å². The lowest BCUT2D eigenvalue weighted by Crippen LogP contribution is -2.43. The van der Waals surface area contributed by atoms with Crippen molar-refractivity contribution in [2.24, 2.45) is 0 Å². The summed E-state index contributed by atoms with van der Waals surface area (Å²) >= 11 is 0. The second kappa shape index (κ2) is 5.87. The van der Waals surface area contributed by atoms with Crippen molar-refractivity contribution < 1.29 is 4.68 Å². The van der Waals surface area contributed by atoms with Gasteiger partial charge in [-0.2, -0.15) is 0 Å². The van der Waals surface area contributed by atoms with Crippen molar-refractivity contribution in [2.45, 2.75) is 39.5 Å². The highest BCUT2D eigenvalue weighted by Crippen LogP contribution is 2.39. The van der Waals surface area contributed by atoms with Gasteiger partial charge in [-0.05, 0) is 45.1 Å². The smallest absolute Gasteiger partial charge is 0.199 e. The molecule has 1 fully saturated rings. The van der Waals surface area contributed by atoms with Gasteiger partial charge in [-0.1, -0.05) is 39.6 Å². The van der Waals surface area contributed by atoms with Gasteiger partial charge in [0.1, 0.15) is 0 Å². The molecule has 1 aliphatic rings. The number of pyridine rings is 1. The van der Waals surface area contributed by atoms with Crippen molar-refractivity contribution in [1.29, 1.82) is 0 Å². The van der Waals surface area contributed by atoms with Crippen molar-refractivity contribution in [3.8, 4) is 0 Å². The maximum Gasteiger partial charge on any atom is 0.199 e. The van der Waals surface area contributed by atoms with Gasteiger partial charge in [-0.25, -0.2) is 5.84 Å². The minimum Gasteiger partial charge on any atom is -0.205 e. The van der Waals surface area contributed by atoms with Gasteiger partial charge in [0, 0.05) is 12.1 Å². The summed E-state index contributed by atoms with van der Waals surface area (Å²) in [7, 11) is 0. The van der Waals surface area contributed by atoms with Crippen LogP contribution in [-0.4, -0.2) is 0 Å². The van der Waals surface area contributed by atoms with Gasteiger partial charge in [-0.15, -0.1) is 0 Å². The lowest BCUT2D eigenvalue weighted by Gasteiger charge is -1.96. The summed E-state index contributed by atoms with van der Waals surface area (Å²) in [5, 5.41) is 0. The first kappa shape index (κ1) is 13.6. The maximum absolute atomic E-state index is 5.46. The van der Waals surface area contributed by atoms with Crippen LogP contribution in [-0.2, 0) is 0 Å². The summed E-state index contributed by atoms with van der Waals surface area (Å²) in [6.07, 6.45) is 6.50. The van der Waals surface area contributed by atoms with Gasteiger partial charge in [-0.3, -0.25) is 0 Å². The van der Waals surface area contributed by atoms with Crippen LogP contribution in [0.5, 0.6) is 0 Å². The van der Waals surface area contributed by atoms with E-state index in [4.69, 9.17) is 5.84 Å². The molecule has 1 aliphatic carbocycles. The van der Waals surface area contributed by atoms with Crippen LogP contribution in [0.3, 0.4) is 0 Å². The SMILES string of the molecule is Cc1cc(C)cc(C)c1.N[n+]1ccc(C2CC2)cc1. The molecule has 1 saturated carbocycles. The summed E-state index contributed by atoms with van der Waals surface area (Å²) in [6.45, 7) is 6.38. The highest BCUT2D eigenvalue weighted by atomic mass is 15.3. The van der Waals surface area contributed by atoms with E-state index in [0.717, 1.165) is 5.92 Å². The molecule has 0 saturated heterocycles. The Morgan fingerprint density at radius 1 is 0.895 bits per heavy atom. The van der Waals surface area contributed by atoms with E-state index in [9.17, 15) is 0 Å². The third-order valence-electron chi connectivity index (χ3n) is 3.29. The van der Waals surface area contributed by atoms with Crippen LogP contribution in [0, 0.1) is 20.8 Å². The van der Waals surface area contributed by atoms with Crippen molar-refractivity contribution >= 4 is 0 Å². The fourth-order valence-electron chi connectivity index (χ4n) is 2.34. The van der Waals surface area contributed by atoms with Gasteiger partial charge in [0.15, 0.2) is 12.4 Å². The molecule has 2 aromatic rings. The molecule has 0 unspecified atom stereocenters. The molecule has 2 heteroatoms. The molecule has 19 heavy (non-hydrogen) atoms. The Bertz CT molecular complexity index is 489. The number of aromatic nitrogens is 1. The molecule has 100 valence electrons. The lowest BCUT2D eigenvalue weighted by molar-refractivity contribution is -0.639. The van der Waals surface area contributed by atoms with Crippen LogP contribution >= 0.6 is 0 Å². The number of benzene rings is 1. The van der Waals surface area contributed by atoms with Gasteiger partial charge in [0.05, 0.1) is 0 Å². The Balaban J connectivity index is 0.000000141. The first-order valence-corrected chi connectivity index (χ1v) is 6.86. The molecule has 1 aromatic carbocycles. The lowest BCUT2D eigenvalue weighted by atomic mass is 10.1. The van der Waals surface area contributed by atoms with Gasteiger partial charge in [0.25, 0.3) is 0 Å². The quantitative estimate of drug-likeness (QED) is 0.615. The normalized spacial score (nSPS) is 13.6. The minimum absolute atomic E-state index is 0.834. The molecular weight excluding hydrogens is 232 g/mol. The van der Waals surface area contributed by atoms with E-state index < -0.39 is 0 Å². The number of aryl methyl sites for hydroxylation is 3. The molecule has 0 radical (unpaired) electrons. The fraction of sp³-hybridized carbons (Fsp3) is 0.353. The van der Waals surface area contributed by atoms with Crippen molar-refractivity contribution in [2.75, 3.05) is 5.84 Å². The molecule has 0 spiro atoms. The van der Waals surface area contributed by atoms with E-state index in [1.807, 2.05) is 12.4 Å². The molecule has 2 N–H and O–H groups in total. The van der Waals surface area contributed by atoms with E-state index in [0.29, 0.717) is 0 Å². The molecule has 1 heterocycles. The average Bonchev–Trinajstić information content (AvgIpc) is 3.13. The second-order valence-corrected chi connectivity index (χ2v) is 5.52. The van der Waals surface area contributed by atoms with E-state index >= 15 is 0 Å². The fourth-order valence-corrected chi connectivity index (χ4v) is 2.34. The molecular formula is C17H23N2+. The van der Waals surface area contributed by atoms with Crippen LogP contribution in [0.15, 0.2) is 42.7 Å². The molecule has 1 aromatic heterocycles. The summed E-state index contributed by atoms with van der Waals surface area (Å²) in [5.41, 5.74) is 5.49. The molecule has 0 atom stereocenters. The maximum atomic E-state index is 5.46. The number of hydrogen-bond donors (Lipinski definition) is 1. The number of nitrogens with two attached hydrogens (primary N) is 1. The van der Waals surface area contributed by atoms with E-state index in [1.165, 1.54) is 35.1 Å². The molecule has 3 rings (SSSR count). The van der Waals surface area contributed by atoms with Crippen molar-refractivity contribution in [3.63, 3.8) is 0 Å². The van der Waals surface area contributed by atoms with E-state index in [-0.39, 0.29) is 0 Å². The number of nitrogens with zero attached hydrogens (tertiary/aromatic N) is 1. The number of rotatable bonds is 1. The minimum atomic E-state index is 0.834. The summed E-state index contributed by atoms with van der Waals surface area (Å²) in [5.74, 6) is 6.30. The van der Waals surface area contributed by atoms with Crippen LogP contribution in [0.2, 0.25) is 0 Å². The first-order chi connectivity index (χ1) is 9.04. The Hall–Kier alpha value is -1.83. The Kier molecular flexibility index (Phi) is 4.20. The summed E-state index contributed by atoms with van der Waals surface area (Å²) in [4.78, 5) is 0. The molecule has 0 bridgehead atoms. The highest BCUT2D eigenvalue weighted by molar-refractivity contribution is 5.27. The average molecular weight is 255 g/mol. The van der Waals surface area contributed by atoms with Crippen LogP contribution in [0.1, 0.15) is 41.0 Å². The zero-order chi connectivity index (χ0) is 13.8. The molecule has 0 amide bonds. The van der Waals surface area contributed by atoms with Gasteiger partial charge < -0.3 is 0 Å². The largest absolute Gasteiger partial charge is 0.205 e. The summed E-state index contributed by atoms with van der Waals surface area (Å²) < 4.78 is 1.58. The van der Waals surface area contributed by atoms with Crippen LogP contribution < -0.4 is 10.5 Å². The number of nitrogen functional groups attached to an aromatic ring is 1. The topological polar surface area (TPSA) is 29.9 Å². The summed E-state index contributed by atoms with van der Waals surface area (Å²) in [6, 6.07) is 10.8. The Labute approximate surface area is 115 Å². The zero-order valence-corrected chi connectivity index (χ0v) is 12.1. The monoisotopic (exact) mass is 255 g/mol. The zero-order valence-electron chi connectivity index (χ0n) is 12.1. The molecule has 2 nitrogen and oxygen atoms in total. The van der Waals surface area contributed by atoms with E-state index in [1.54, 1.807) is 4.68 Å². The molecule has 0 aliphatic heterocycles. The van der Waals surface area contributed by atoms with E-state index in [2.05, 4.69) is 51.1 Å². The van der Waals surface area contributed by atoms with Crippen LogP contribution in [0.4, 0.5) is 0 Å². The predicted molar refractivity (Wildman–Crippen MR) is 79.4 cm³/mol. The third-order valence-corrected chi connectivity index (χ3v) is 3.29. The van der Waals surface area contributed by atoms with Crippen LogP contribution in [0.25, 0.3) is 0 Å². The first-order valence-electron chi connectivity index (χ1n) is 6.86. The third kappa shape index (κ3) is 4.40. The predicted octanol–water partition coefficient (Wildman–Crippen LogP) is 3.18. The Morgan fingerprint density at radius 3 is 1.68 bits per heavy atom. The second-order valence-electron chi connectivity index (χ2n) is 5.52.